The van der Waals surface area contributed by atoms with E-state index in [4.69, 9.17) is 0 Å². The summed E-state index contributed by atoms with van der Waals surface area (Å²) >= 11 is 3.50. The van der Waals surface area contributed by atoms with Gasteiger partial charge in [0.05, 0.1) is 0 Å². The summed E-state index contributed by atoms with van der Waals surface area (Å²) in [6.07, 6.45) is 5.16. The van der Waals surface area contributed by atoms with E-state index in [0.717, 1.165) is 48.6 Å². The third kappa shape index (κ3) is 3.99. The number of carbonyl (C=O) groups is 1. The van der Waals surface area contributed by atoms with Gasteiger partial charge in [-0.2, -0.15) is 0 Å². The lowest BCUT2D eigenvalue weighted by Gasteiger charge is -2.24. The number of amides is 1. The van der Waals surface area contributed by atoms with Crippen molar-refractivity contribution in [2.75, 3.05) is 24.5 Å². The van der Waals surface area contributed by atoms with Gasteiger partial charge in [-0.1, -0.05) is 22.0 Å². The molecular formula is C16H22BrClN2O. The molecule has 21 heavy (non-hydrogen) atoms. The van der Waals surface area contributed by atoms with Crippen molar-refractivity contribution >= 4 is 39.9 Å². The van der Waals surface area contributed by atoms with E-state index >= 15 is 0 Å². The number of benzene rings is 1. The zero-order valence-corrected chi connectivity index (χ0v) is 14.5. The quantitative estimate of drug-likeness (QED) is 0.879. The molecule has 1 saturated heterocycles. The summed E-state index contributed by atoms with van der Waals surface area (Å²) in [7, 11) is 0. The van der Waals surface area contributed by atoms with Gasteiger partial charge in [-0.15, -0.1) is 12.4 Å². The van der Waals surface area contributed by atoms with E-state index in [1.807, 2.05) is 4.90 Å². The Morgan fingerprint density at radius 1 is 1.33 bits per heavy atom. The van der Waals surface area contributed by atoms with Crippen LogP contribution in [-0.2, 0) is 11.2 Å². The summed E-state index contributed by atoms with van der Waals surface area (Å²) < 4.78 is 1.05. The summed E-state index contributed by atoms with van der Waals surface area (Å²) in [6, 6.07) is 6.26. The van der Waals surface area contributed by atoms with Crippen molar-refractivity contribution in [3.05, 3.63) is 28.2 Å². The maximum absolute atomic E-state index is 12.5. The molecule has 0 aromatic heterocycles. The lowest BCUT2D eigenvalue weighted by atomic mass is 9.93. The molecule has 1 amide bonds. The van der Waals surface area contributed by atoms with Crippen LogP contribution in [0.15, 0.2) is 22.7 Å². The van der Waals surface area contributed by atoms with Gasteiger partial charge in [0, 0.05) is 23.1 Å². The fourth-order valence-corrected chi connectivity index (χ4v) is 3.59. The average molecular weight is 374 g/mol. The molecule has 0 spiro atoms. The molecule has 2 heterocycles. The third-order valence-corrected chi connectivity index (χ3v) is 4.96. The van der Waals surface area contributed by atoms with Gasteiger partial charge < -0.3 is 10.2 Å². The first kappa shape index (κ1) is 16.8. The number of carbonyl (C=O) groups excluding carboxylic acids is 1. The maximum Gasteiger partial charge on any atom is 0.227 e. The van der Waals surface area contributed by atoms with E-state index in [1.165, 1.54) is 18.4 Å². The smallest absolute Gasteiger partial charge is 0.227 e. The van der Waals surface area contributed by atoms with Crippen LogP contribution in [0.1, 0.15) is 31.2 Å². The molecule has 1 aromatic rings. The van der Waals surface area contributed by atoms with Crippen molar-refractivity contribution in [2.45, 2.75) is 32.1 Å². The Hall–Kier alpha value is -0.580. The Balaban J connectivity index is 0.00000161. The highest BCUT2D eigenvalue weighted by atomic mass is 79.9. The molecule has 5 heteroatoms. The number of hydrogen-bond donors (Lipinski definition) is 1. The van der Waals surface area contributed by atoms with Crippen LogP contribution in [0.5, 0.6) is 0 Å². The van der Waals surface area contributed by atoms with Crippen molar-refractivity contribution in [2.24, 2.45) is 5.92 Å². The molecule has 3 nitrogen and oxygen atoms in total. The molecular weight excluding hydrogens is 352 g/mol. The number of nitrogens with zero attached hydrogens (tertiary/aromatic N) is 1. The van der Waals surface area contributed by atoms with Gasteiger partial charge in [-0.05, 0) is 62.4 Å². The molecule has 3 rings (SSSR count). The third-order valence-electron chi connectivity index (χ3n) is 4.47. The number of anilines is 1. The number of halogens is 2. The lowest BCUT2D eigenvalue weighted by molar-refractivity contribution is -0.118. The molecule has 0 saturated carbocycles. The Labute approximate surface area is 141 Å². The van der Waals surface area contributed by atoms with Crippen molar-refractivity contribution in [3.8, 4) is 0 Å². The second-order valence-electron chi connectivity index (χ2n) is 5.80. The largest absolute Gasteiger partial charge is 0.317 e. The topological polar surface area (TPSA) is 32.3 Å². The fraction of sp³-hybridized carbons (Fsp3) is 0.562. The first-order valence-corrected chi connectivity index (χ1v) is 8.33. The average Bonchev–Trinajstić information content (AvgIpc) is 2.89. The molecule has 0 bridgehead atoms. The molecule has 0 aliphatic carbocycles. The second kappa shape index (κ2) is 7.61. The van der Waals surface area contributed by atoms with Crippen LogP contribution in [0, 0.1) is 5.92 Å². The van der Waals surface area contributed by atoms with Crippen LogP contribution in [0.2, 0.25) is 0 Å². The normalized spacial score (nSPS) is 18.2. The van der Waals surface area contributed by atoms with E-state index in [2.05, 4.69) is 39.4 Å². The van der Waals surface area contributed by atoms with Crippen molar-refractivity contribution in [1.29, 1.82) is 0 Å². The molecule has 116 valence electrons. The molecule has 1 aromatic carbocycles. The number of piperidine rings is 1. The first-order valence-electron chi connectivity index (χ1n) is 7.53. The predicted octanol–water partition coefficient (Wildman–Crippen LogP) is 3.54. The molecule has 2 aliphatic rings. The number of hydrogen-bond acceptors (Lipinski definition) is 2. The monoisotopic (exact) mass is 372 g/mol. The molecule has 0 radical (unpaired) electrons. The Morgan fingerprint density at radius 3 is 2.86 bits per heavy atom. The SMILES string of the molecule is Cl.O=C(CCC1CCNCC1)N1CCc2ccc(Br)cc21. The van der Waals surface area contributed by atoms with Gasteiger partial charge in [0.25, 0.3) is 0 Å². The van der Waals surface area contributed by atoms with Gasteiger partial charge >= 0.3 is 0 Å². The molecule has 1 fully saturated rings. The van der Waals surface area contributed by atoms with Gasteiger partial charge in [-0.3, -0.25) is 4.79 Å². The van der Waals surface area contributed by atoms with E-state index in [-0.39, 0.29) is 12.4 Å². The Morgan fingerprint density at radius 2 is 2.10 bits per heavy atom. The maximum atomic E-state index is 12.5. The molecule has 0 atom stereocenters. The minimum Gasteiger partial charge on any atom is -0.317 e. The Kier molecular flexibility index (Phi) is 6.08. The number of nitrogens with one attached hydrogen (secondary N) is 1. The summed E-state index contributed by atoms with van der Waals surface area (Å²) in [5.41, 5.74) is 2.40. The van der Waals surface area contributed by atoms with Gasteiger partial charge in [-0.25, -0.2) is 0 Å². The summed E-state index contributed by atoms with van der Waals surface area (Å²) in [5, 5.41) is 3.38. The van der Waals surface area contributed by atoms with Crippen LogP contribution in [0.25, 0.3) is 0 Å². The van der Waals surface area contributed by atoms with Gasteiger partial charge in [0.1, 0.15) is 0 Å². The zero-order valence-electron chi connectivity index (χ0n) is 12.1. The van der Waals surface area contributed by atoms with E-state index in [1.54, 1.807) is 0 Å². The van der Waals surface area contributed by atoms with Crippen molar-refractivity contribution in [3.63, 3.8) is 0 Å². The summed E-state index contributed by atoms with van der Waals surface area (Å²) in [5.74, 6) is 1.02. The molecule has 1 N–H and O–H groups in total. The van der Waals surface area contributed by atoms with Crippen LogP contribution in [0.3, 0.4) is 0 Å². The standard InChI is InChI=1S/C16H21BrN2O.ClH/c17-14-3-2-13-7-10-19(15(13)11-14)16(20)4-1-12-5-8-18-9-6-12;/h2-3,11-12,18H,1,4-10H2;1H. The zero-order chi connectivity index (χ0) is 13.9. The highest BCUT2D eigenvalue weighted by molar-refractivity contribution is 9.10. The highest BCUT2D eigenvalue weighted by Gasteiger charge is 2.25. The van der Waals surface area contributed by atoms with Crippen LogP contribution in [0.4, 0.5) is 5.69 Å². The van der Waals surface area contributed by atoms with Crippen molar-refractivity contribution in [1.82, 2.24) is 5.32 Å². The van der Waals surface area contributed by atoms with Crippen molar-refractivity contribution < 1.29 is 4.79 Å². The lowest BCUT2D eigenvalue weighted by Crippen LogP contribution is -2.31. The van der Waals surface area contributed by atoms with E-state index < -0.39 is 0 Å². The predicted molar refractivity (Wildman–Crippen MR) is 92.3 cm³/mol. The minimum atomic E-state index is 0. The van der Waals surface area contributed by atoms with Crippen LogP contribution in [-0.4, -0.2) is 25.5 Å². The molecule has 2 aliphatic heterocycles. The fourth-order valence-electron chi connectivity index (χ4n) is 3.24. The highest BCUT2D eigenvalue weighted by Crippen LogP contribution is 2.32. The second-order valence-corrected chi connectivity index (χ2v) is 6.72. The summed E-state index contributed by atoms with van der Waals surface area (Å²) in [4.78, 5) is 14.4. The van der Waals surface area contributed by atoms with Gasteiger partial charge in [0.15, 0.2) is 0 Å². The minimum absolute atomic E-state index is 0. The molecule has 0 unspecified atom stereocenters. The van der Waals surface area contributed by atoms with E-state index in [9.17, 15) is 4.79 Å². The van der Waals surface area contributed by atoms with Gasteiger partial charge in [0.2, 0.25) is 5.91 Å². The van der Waals surface area contributed by atoms with Crippen LogP contribution >= 0.6 is 28.3 Å². The summed E-state index contributed by atoms with van der Waals surface area (Å²) in [6.45, 7) is 3.06. The Bertz CT molecular complexity index is 503. The van der Waals surface area contributed by atoms with Crippen LogP contribution < -0.4 is 10.2 Å². The first-order chi connectivity index (χ1) is 9.74. The van der Waals surface area contributed by atoms with E-state index in [0.29, 0.717) is 12.3 Å². The number of rotatable bonds is 3. The number of fused-ring (bicyclic) bond motifs is 1.